The summed E-state index contributed by atoms with van der Waals surface area (Å²) < 4.78 is 0. The average molecular weight is 337 g/mol. The second kappa shape index (κ2) is 7.75. The van der Waals surface area contributed by atoms with Crippen LogP contribution >= 0.6 is 11.3 Å². The van der Waals surface area contributed by atoms with Crippen LogP contribution in [-0.4, -0.2) is 22.4 Å². The fourth-order valence-corrected chi connectivity index (χ4v) is 3.10. The molecule has 0 atom stereocenters. The predicted molar refractivity (Wildman–Crippen MR) is 98.8 cm³/mol. The fraction of sp³-hybridized carbons (Fsp3) is 0.158. The second-order valence-corrected chi connectivity index (χ2v) is 6.44. The van der Waals surface area contributed by atoms with Crippen LogP contribution in [0, 0.1) is 6.92 Å². The van der Waals surface area contributed by atoms with Gasteiger partial charge >= 0.3 is 0 Å². The van der Waals surface area contributed by atoms with Crippen molar-refractivity contribution in [3.8, 4) is 10.6 Å². The lowest BCUT2D eigenvalue weighted by Crippen LogP contribution is -2.23. The van der Waals surface area contributed by atoms with E-state index >= 15 is 0 Å². The van der Waals surface area contributed by atoms with Crippen LogP contribution in [0.4, 0.5) is 0 Å². The van der Waals surface area contributed by atoms with Crippen molar-refractivity contribution in [1.82, 2.24) is 15.3 Å². The Morgan fingerprint density at radius 1 is 1.29 bits per heavy atom. The zero-order chi connectivity index (χ0) is 16.8. The normalized spacial score (nSPS) is 11.0. The highest BCUT2D eigenvalue weighted by molar-refractivity contribution is 7.13. The highest BCUT2D eigenvalue weighted by atomic mass is 32.1. The molecular weight excluding hydrogens is 318 g/mol. The van der Waals surface area contributed by atoms with Gasteiger partial charge in [-0.25, -0.2) is 4.98 Å². The van der Waals surface area contributed by atoms with Crippen LogP contribution in [0.5, 0.6) is 0 Å². The number of carbonyl (C=O) groups is 1. The van der Waals surface area contributed by atoms with E-state index in [1.54, 1.807) is 23.7 Å². The third-order valence-electron chi connectivity index (χ3n) is 3.65. The van der Waals surface area contributed by atoms with Gasteiger partial charge in [0.25, 0.3) is 0 Å². The Morgan fingerprint density at radius 3 is 2.88 bits per heavy atom. The highest BCUT2D eigenvalue weighted by Crippen LogP contribution is 2.25. The van der Waals surface area contributed by atoms with Gasteiger partial charge in [0.2, 0.25) is 5.91 Å². The molecule has 0 unspecified atom stereocenters. The third kappa shape index (κ3) is 4.20. The summed E-state index contributed by atoms with van der Waals surface area (Å²) in [5.74, 6) is -0.0900. The van der Waals surface area contributed by atoms with Crippen LogP contribution in [0.3, 0.4) is 0 Å². The molecule has 2 heterocycles. The number of nitrogens with zero attached hydrogens (tertiary/aromatic N) is 1. The number of aromatic nitrogens is 2. The molecule has 24 heavy (non-hydrogen) atoms. The van der Waals surface area contributed by atoms with E-state index in [1.165, 1.54) is 5.56 Å². The number of amides is 1. The van der Waals surface area contributed by atoms with Gasteiger partial charge in [-0.15, -0.1) is 11.3 Å². The van der Waals surface area contributed by atoms with E-state index in [2.05, 4.69) is 15.3 Å². The molecule has 1 amide bonds. The average Bonchev–Trinajstić information content (AvgIpc) is 3.25. The summed E-state index contributed by atoms with van der Waals surface area (Å²) in [6, 6.07) is 12.1. The first kappa shape index (κ1) is 16.2. The first-order valence-electron chi connectivity index (χ1n) is 7.81. The SMILES string of the molecule is Cc1ccc(/C=C/C(=O)NCCc2[nH]cnc2-c2cccs2)cc1. The Bertz CT molecular complexity index is 817. The maximum absolute atomic E-state index is 11.9. The van der Waals surface area contributed by atoms with Gasteiger partial charge in [0.1, 0.15) is 5.69 Å². The summed E-state index contributed by atoms with van der Waals surface area (Å²) in [5.41, 5.74) is 4.23. The zero-order valence-electron chi connectivity index (χ0n) is 13.5. The van der Waals surface area contributed by atoms with Crippen molar-refractivity contribution in [3.63, 3.8) is 0 Å². The van der Waals surface area contributed by atoms with Crippen molar-refractivity contribution in [3.05, 3.63) is 71.0 Å². The molecule has 0 radical (unpaired) electrons. The molecule has 3 aromatic rings. The van der Waals surface area contributed by atoms with Gasteiger partial charge in [0.15, 0.2) is 0 Å². The first-order valence-corrected chi connectivity index (χ1v) is 8.69. The summed E-state index contributed by atoms with van der Waals surface area (Å²) in [5, 5.41) is 4.94. The van der Waals surface area contributed by atoms with Gasteiger partial charge in [-0.05, 0) is 30.0 Å². The van der Waals surface area contributed by atoms with E-state index in [-0.39, 0.29) is 5.91 Å². The number of nitrogens with one attached hydrogen (secondary N) is 2. The van der Waals surface area contributed by atoms with E-state index in [9.17, 15) is 4.79 Å². The minimum absolute atomic E-state index is 0.0900. The molecule has 0 bridgehead atoms. The number of H-pyrrole nitrogens is 1. The maximum Gasteiger partial charge on any atom is 0.244 e. The predicted octanol–water partition coefficient (Wildman–Crippen LogP) is 3.82. The van der Waals surface area contributed by atoms with Crippen molar-refractivity contribution in [2.75, 3.05) is 6.54 Å². The number of carbonyl (C=O) groups excluding carboxylic acids is 1. The van der Waals surface area contributed by atoms with Crippen molar-refractivity contribution in [2.45, 2.75) is 13.3 Å². The molecule has 122 valence electrons. The van der Waals surface area contributed by atoms with Crippen molar-refractivity contribution in [2.24, 2.45) is 0 Å². The van der Waals surface area contributed by atoms with Crippen molar-refractivity contribution < 1.29 is 4.79 Å². The molecular formula is C19H19N3OS. The molecule has 0 aliphatic rings. The third-order valence-corrected chi connectivity index (χ3v) is 4.53. The van der Waals surface area contributed by atoms with Crippen LogP contribution in [-0.2, 0) is 11.2 Å². The smallest absolute Gasteiger partial charge is 0.244 e. The molecule has 5 heteroatoms. The lowest BCUT2D eigenvalue weighted by Gasteiger charge is -2.03. The summed E-state index contributed by atoms with van der Waals surface area (Å²) >= 11 is 1.66. The molecule has 1 aromatic carbocycles. The lowest BCUT2D eigenvalue weighted by molar-refractivity contribution is -0.116. The number of thiophene rings is 1. The summed E-state index contributed by atoms with van der Waals surface area (Å²) in [4.78, 5) is 20.6. The lowest BCUT2D eigenvalue weighted by atomic mass is 10.1. The molecule has 2 aromatic heterocycles. The molecule has 2 N–H and O–H groups in total. The minimum atomic E-state index is -0.0900. The molecule has 0 saturated heterocycles. The van der Waals surface area contributed by atoms with Crippen LogP contribution in [0.15, 0.2) is 54.2 Å². The van der Waals surface area contributed by atoms with Crippen molar-refractivity contribution >= 4 is 23.3 Å². The van der Waals surface area contributed by atoms with Gasteiger partial charge in [0.05, 0.1) is 11.2 Å². The van der Waals surface area contributed by atoms with Gasteiger partial charge in [-0.2, -0.15) is 0 Å². The van der Waals surface area contributed by atoms with Gasteiger partial charge in [0, 0.05) is 24.7 Å². The highest BCUT2D eigenvalue weighted by Gasteiger charge is 2.09. The van der Waals surface area contributed by atoms with E-state index in [1.807, 2.05) is 54.8 Å². The van der Waals surface area contributed by atoms with Crippen LogP contribution in [0.2, 0.25) is 0 Å². The van der Waals surface area contributed by atoms with Crippen LogP contribution in [0.1, 0.15) is 16.8 Å². The maximum atomic E-state index is 11.9. The largest absolute Gasteiger partial charge is 0.352 e. The molecule has 0 fully saturated rings. The number of hydrogen-bond acceptors (Lipinski definition) is 3. The van der Waals surface area contributed by atoms with Gasteiger partial charge in [-0.1, -0.05) is 35.9 Å². The fourth-order valence-electron chi connectivity index (χ4n) is 2.36. The Hall–Kier alpha value is -2.66. The Balaban J connectivity index is 1.51. The van der Waals surface area contributed by atoms with Crippen LogP contribution in [0.25, 0.3) is 16.6 Å². The molecule has 0 spiro atoms. The standard InChI is InChI=1S/C19H19N3OS/c1-14-4-6-15(7-5-14)8-9-18(23)20-11-10-16-19(22-13-21-16)17-3-2-12-24-17/h2-9,12-13H,10-11H2,1H3,(H,20,23)(H,21,22)/b9-8+. The van der Waals surface area contributed by atoms with E-state index < -0.39 is 0 Å². The monoisotopic (exact) mass is 337 g/mol. The topological polar surface area (TPSA) is 57.8 Å². The quantitative estimate of drug-likeness (QED) is 0.672. The number of hydrogen-bond donors (Lipinski definition) is 2. The number of rotatable bonds is 6. The molecule has 3 rings (SSSR count). The Morgan fingerprint density at radius 2 is 2.12 bits per heavy atom. The van der Waals surface area contributed by atoms with Crippen LogP contribution < -0.4 is 5.32 Å². The molecule has 0 aliphatic heterocycles. The minimum Gasteiger partial charge on any atom is -0.352 e. The molecule has 0 aliphatic carbocycles. The first-order chi connectivity index (χ1) is 11.7. The zero-order valence-corrected chi connectivity index (χ0v) is 14.3. The number of aromatic amines is 1. The number of imidazole rings is 1. The van der Waals surface area contributed by atoms with E-state index in [0.717, 1.165) is 28.2 Å². The second-order valence-electron chi connectivity index (χ2n) is 5.49. The number of aryl methyl sites for hydroxylation is 1. The van der Waals surface area contributed by atoms with Gasteiger partial charge in [-0.3, -0.25) is 4.79 Å². The number of benzene rings is 1. The summed E-state index contributed by atoms with van der Waals surface area (Å²) in [6.07, 6.45) is 5.81. The Kier molecular flexibility index (Phi) is 5.23. The summed E-state index contributed by atoms with van der Waals surface area (Å²) in [7, 11) is 0. The molecule has 0 saturated carbocycles. The van der Waals surface area contributed by atoms with Crippen molar-refractivity contribution in [1.29, 1.82) is 0 Å². The van der Waals surface area contributed by atoms with E-state index in [0.29, 0.717) is 6.54 Å². The van der Waals surface area contributed by atoms with Gasteiger partial charge < -0.3 is 10.3 Å². The summed E-state index contributed by atoms with van der Waals surface area (Å²) in [6.45, 7) is 2.61. The molecule has 4 nitrogen and oxygen atoms in total. The Labute approximate surface area is 145 Å². The van der Waals surface area contributed by atoms with E-state index in [4.69, 9.17) is 0 Å².